The van der Waals surface area contributed by atoms with Crippen LogP contribution in [0.25, 0.3) is 0 Å². The number of fused-ring (bicyclic) bond motifs is 2. The average Bonchev–Trinajstić information content (AvgIpc) is 3.09. The minimum absolute atomic E-state index is 0.0890. The lowest BCUT2D eigenvalue weighted by molar-refractivity contribution is -0.133. The van der Waals surface area contributed by atoms with Gasteiger partial charge in [0.05, 0.1) is 12.1 Å². The molecule has 3 heterocycles. The number of hydroxylamine groups is 2. The molecule has 146 valence electrons. The Hall–Kier alpha value is -1.96. The van der Waals surface area contributed by atoms with E-state index in [4.69, 9.17) is 4.55 Å². The van der Waals surface area contributed by atoms with E-state index >= 15 is 0 Å². The predicted molar refractivity (Wildman–Crippen MR) is 85.3 cm³/mol. The van der Waals surface area contributed by atoms with E-state index in [9.17, 15) is 22.8 Å². The number of amides is 4. The topological polar surface area (TPSA) is 149 Å². The Morgan fingerprint density at radius 1 is 1.15 bits per heavy atom. The Labute approximate surface area is 150 Å². The summed E-state index contributed by atoms with van der Waals surface area (Å²) in [5.74, 6) is -0.893. The van der Waals surface area contributed by atoms with Gasteiger partial charge in [-0.3, -0.25) is 29.9 Å². The zero-order chi connectivity index (χ0) is 19.1. The maximum absolute atomic E-state index is 12.4. The maximum atomic E-state index is 12.4. The second kappa shape index (κ2) is 6.98. The average molecular weight is 391 g/mol. The minimum atomic E-state index is -4.84. The summed E-state index contributed by atoms with van der Waals surface area (Å²) in [5, 5.41) is 0.564. The zero-order valence-electron chi connectivity index (χ0n) is 14.1. The van der Waals surface area contributed by atoms with Crippen molar-refractivity contribution in [2.45, 2.75) is 43.8 Å². The van der Waals surface area contributed by atoms with Crippen LogP contribution in [0.15, 0.2) is 0 Å². The van der Waals surface area contributed by atoms with Gasteiger partial charge in [0.2, 0.25) is 0 Å². The predicted octanol–water partition coefficient (Wildman–Crippen LogP) is -1.77. The van der Waals surface area contributed by atoms with E-state index in [2.05, 4.69) is 15.1 Å². The number of carbonyl (C=O) groups is 3. The second-order valence-electron chi connectivity index (χ2n) is 6.63. The summed E-state index contributed by atoms with van der Waals surface area (Å²) in [6.45, 7) is 0.897. The molecular formula is C13H21N5O7S. The van der Waals surface area contributed by atoms with Gasteiger partial charge in [-0.1, -0.05) is 0 Å². The highest BCUT2D eigenvalue weighted by atomic mass is 32.3. The van der Waals surface area contributed by atoms with E-state index < -0.39 is 34.4 Å². The van der Waals surface area contributed by atoms with Crippen molar-refractivity contribution in [3.63, 3.8) is 0 Å². The van der Waals surface area contributed by atoms with Crippen LogP contribution in [0.3, 0.4) is 0 Å². The lowest BCUT2D eigenvalue weighted by Gasteiger charge is -2.29. The molecule has 3 unspecified atom stereocenters. The second-order valence-corrected chi connectivity index (χ2v) is 7.63. The molecule has 12 nitrogen and oxygen atoms in total. The molecule has 13 heteroatoms. The van der Waals surface area contributed by atoms with Crippen molar-refractivity contribution in [1.82, 2.24) is 25.7 Å². The molecule has 3 aliphatic rings. The largest absolute Gasteiger partial charge is 0.418 e. The molecule has 0 aliphatic carbocycles. The first-order chi connectivity index (χ1) is 12.2. The summed E-state index contributed by atoms with van der Waals surface area (Å²) in [4.78, 5) is 39.8. The summed E-state index contributed by atoms with van der Waals surface area (Å²) in [5.41, 5.74) is 4.71. The standard InChI is InChI=1S/C13H21N5O7S/c1-16-6-2-3-9(16)11(19)14-15-12(20)10-5-4-8-7-17(10)13(21)18(8)25-26(22,23)24/h8-10H,2-7H2,1H3,(H,14,19)(H,15,20)(H,22,23,24). The number of hydrogen-bond donors (Lipinski definition) is 3. The fourth-order valence-electron chi connectivity index (χ4n) is 3.64. The Bertz CT molecular complexity index is 714. The number of nitrogens with one attached hydrogen (secondary N) is 2. The first kappa shape index (κ1) is 18.8. The number of urea groups is 1. The monoisotopic (exact) mass is 391 g/mol. The van der Waals surface area contributed by atoms with Crippen LogP contribution < -0.4 is 10.9 Å². The summed E-state index contributed by atoms with van der Waals surface area (Å²) in [6.07, 6.45) is 2.19. The number of carbonyl (C=O) groups excluding carboxylic acids is 3. The van der Waals surface area contributed by atoms with Gasteiger partial charge in [0.15, 0.2) is 0 Å². The molecule has 3 fully saturated rings. The first-order valence-electron chi connectivity index (χ1n) is 8.24. The van der Waals surface area contributed by atoms with Gasteiger partial charge in [-0.25, -0.2) is 4.79 Å². The van der Waals surface area contributed by atoms with Crippen LogP contribution in [0.1, 0.15) is 25.7 Å². The summed E-state index contributed by atoms with van der Waals surface area (Å²) in [7, 11) is -3.01. The molecule has 0 aromatic heterocycles. The molecule has 0 radical (unpaired) electrons. The summed E-state index contributed by atoms with van der Waals surface area (Å²) in [6, 6.07) is -2.57. The highest BCUT2D eigenvalue weighted by molar-refractivity contribution is 7.80. The van der Waals surface area contributed by atoms with Crippen LogP contribution >= 0.6 is 0 Å². The van der Waals surface area contributed by atoms with Gasteiger partial charge in [-0.15, -0.1) is 4.28 Å². The quantitative estimate of drug-likeness (QED) is 0.377. The van der Waals surface area contributed by atoms with E-state index in [1.807, 2.05) is 11.9 Å². The van der Waals surface area contributed by atoms with E-state index in [0.717, 1.165) is 17.9 Å². The molecule has 26 heavy (non-hydrogen) atoms. The fraction of sp³-hybridized carbons (Fsp3) is 0.769. The maximum Gasteiger partial charge on any atom is 0.418 e. The lowest BCUT2D eigenvalue weighted by Crippen LogP contribution is -2.56. The van der Waals surface area contributed by atoms with E-state index in [0.29, 0.717) is 17.9 Å². The van der Waals surface area contributed by atoms with Crippen molar-refractivity contribution in [2.75, 3.05) is 20.1 Å². The zero-order valence-corrected chi connectivity index (χ0v) is 14.9. The molecular weight excluding hydrogens is 370 g/mol. The van der Waals surface area contributed by atoms with Gasteiger partial charge >= 0.3 is 16.4 Å². The van der Waals surface area contributed by atoms with Gasteiger partial charge in [0.1, 0.15) is 6.04 Å². The van der Waals surface area contributed by atoms with Crippen molar-refractivity contribution in [1.29, 1.82) is 0 Å². The Morgan fingerprint density at radius 2 is 1.81 bits per heavy atom. The molecule has 4 amide bonds. The molecule has 0 aromatic rings. The summed E-state index contributed by atoms with van der Waals surface area (Å²) >= 11 is 0. The van der Waals surface area contributed by atoms with Crippen LogP contribution in [0, 0.1) is 0 Å². The normalized spacial score (nSPS) is 29.2. The molecule has 3 atom stereocenters. The Kier molecular flexibility index (Phi) is 5.05. The van der Waals surface area contributed by atoms with E-state index in [1.165, 1.54) is 0 Å². The third-order valence-corrected chi connectivity index (χ3v) is 5.28. The van der Waals surface area contributed by atoms with E-state index in [1.54, 1.807) is 0 Å². The van der Waals surface area contributed by atoms with Crippen LogP contribution in [0.5, 0.6) is 0 Å². The van der Waals surface area contributed by atoms with Gasteiger partial charge in [-0.2, -0.15) is 13.5 Å². The first-order valence-corrected chi connectivity index (χ1v) is 9.60. The number of hydrazine groups is 1. The molecule has 0 aromatic carbocycles. The minimum Gasteiger partial charge on any atom is -0.309 e. The molecule has 0 saturated carbocycles. The molecule has 0 spiro atoms. The van der Waals surface area contributed by atoms with Crippen molar-refractivity contribution < 1.29 is 31.6 Å². The van der Waals surface area contributed by atoms with E-state index in [-0.39, 0.29) is 24.9 Å². The number of nitrogens with zero attached hydrogens (tertiary/aromatic N) is 3. The third-order valence-electron chi connectivity index (χ3n) is 4.93. The Morgan fingerprint density at radius 3 is 2.38 bits per heavy atom. The summed E-state index contributed by atoms with van der Waals surface area (Å²) < 4.78 is 34.8. The van der Waals surface area contributed by atoms with Gasteiger partial charge < -0.3 is 4.90 Å². The lowest BCUT2D eigenvalue weighted by atomic mass is 10.0. The molecule has 3 N–H and O–H groups in total. The van der Waals surface area contributed by atoms with Gasteiger partial charge in [-0.05, 0) is 39.3 Å². The van der Waals surface area contributed by atoms with Crippen molar-refractivity contribution in [3.8, 4) is 0 Å². The number of piperidine rings is 1. The van der Waals surface area contributed by atoms with Gasteiger partial charge in [0.25, 0.3) is 11.8 Å². The molecule has 2 bridgehead atoms. The van der Waals surface area contributed by atoms with Crippen molar-refractivity contribution in [2.24, 2.45) is 0 Å². The van der Waals surface area contributed by atoms with Crippen molar-refractivity contribution >= 4 is 28.2 Å². The molecule has 3 rings (SSSR count). The highest BCUT2D eigenvalue weighted by Crippen LogP contribution is 2.30. The number of rotatable bonds is 4. The SMILES string of the molecule is CN1CCCC1C(=O)NNC(=O)C1CCC2CN1C(=O)N2OS(=O)(=O)O. The molecule has 3 aliphatic heterocycles. The smallest absolute Gasteiger partial charge is 0.309 e. The number of likely N-dealkylation sites (N-methyl/N-ethyl adjacent to an activating group) is 1. The van der Waals surface area contributed by atoms with Crippen molar-refractivity contribution in [3.05, 3.63) is 0 Å². The molecule has 3 saturated heterocycles. The van der Waals surface area contributed by atoms with Crippen LogP contribution in [0.4, 0.5) is 4.79 Å². The third kappa shape index (κ3) is 3.75. The Balaban J connectivity index is 1.57. The van der Waals surface area contributed by atoms with Crippen LogP contribution in [-0.2, 0) is 24.3 Å². The van der Waals surface area contributed by atoms with Crippen LogP contribution in [-0.4, -0.2) is 83.9 Å². The number of hydrogen-bond acceptors (Lipinski definition) is 7. The van der Waals surface area contributed by atoms with Gasteiger partial charge in [0, 0.05) is 6.54 Å². The number of likely N-dealkylation sites (tertiary alicyclic amines) is 1. The highest BCUT2D eigenvalue weighted by Gasteiger charge is 2.49. The fourth-order valence-corrected chi connectivity index (χ4v) is 4.02. The van der Waals surface area contributed by atoms with Crippen LogP contribution in [0.2, 0.25) is 0 Å².